The van der Waals surface area contributed by atoms with Gasteiger partial charge in [0, 0.05) is 46.7 Å². The first-order valence-electron chi connectivity index (χ1n) is 20.1. The van der Waals surface area contributed by atoms with E-state index in [1.165, 1.54) is 29.3 Å². The summed E-state index contributed by atoms with van der Waals surface area (Å²) in [6.45, 7) is 27.2. The molecule has 0 saturated carbocycles. The van der Waals surface area contributed by atoms with Crippen LogP contribution in [0.15, 0.2) is 71.6 Å². The Hall–Kier alpha value is -3.56. The molecule has 2 atom stereocenters. The molecule has 2 unspecified atom stereocenters. The highest BCUT2D eigenvalue weighted by atomic mass is 35.7. The molecule has 0 radical (unpaired) electrons. The first kappa shape index (κ1) is 46.8. The second-order valence-electron chi connectivity index (χ2n) is 17.8. The van der Waals surface area contributed by atoms with Gasteiger partial charge in [0.1, 0.15) is 11.5 Å². The van der Waals surface area contributed by atoms with Crippen LogP contribution in [-0.2, 0) is 19.9 Å². The smallest absolute Gasteiger partial charge is 0.261 e. The molecule has 56 heavy (non-hydrogen) atoms. The maximum Gasteiger partial charge on any atom is 0.261 e. The highest BCUT2D eigenvalue weighted by Crippen LogP contribution is 2.34. The predicted molar refractivity (Wildman–Crippen MR) is 230 cm³/mol. The zero-order valence-corrected chi connectivity index (χ0v) is 37.5. The van der Waals surface area contributed by atoms with Crippen LogP contribution in [0.5, 0.6) is 11.5 Å². The average Bonchev–Trinajstić information content (AvgIpc) is 3.17. The molecule has 0 aromatic heterocycles. The second kappa shape index (κ2) is 19.3. The fourth-order valence-electron chi connectivity index (χ4n) is 6.14. The third-order valence-electron chi connectivity index (χ3n) is 12.7. The molecular formula is C46H67ClN2O6S. The first-order valence-corrected chi connectivity index (χ1v) is 22.4. The van der Waals surface area contributed by atoms with Gasteiger partial charge in [-0.1, -0.05) is 120 Å². The molecule has 0 heterocycles. The molecule has 0 fully saturated rings. The zero-order chi connectivity index (χ0) is 42.1. The van der Waals surface area contributed by atoms with Gasteiger partial charge in [0.25, 0.3) is 20.9 Å². The van der Waals surface area contributed by atoms with Gasteiger partial charge in [-0.25, -0.2) is 8.42 Å². The van der Waals surface area contributed by atoms with Crippen LogP contribution in [0.1, 0.15) is 141 Å². The van der Waals surface area contributed by atoms with Gasteiger partial charge in [-0.15, -0.1) is 0 Å². The Labute approximate surface area is 342 Å². The van der Waals surface area contributed by atoms with E-state index in [2.05, 4.69) is 118 Å². The fourth-order valence-corrected chi connectivity index (χ4v) is 6.95. The van der Waals surface area contributed by atoms with E-state index >= 15 is 0 Å². The number of carbonyl (C=O) groups is 2. The quantitative estimate of drug-likeness (QED) is 0.104. The normalized spacial score (nSPS) is 13.8. The van der Waals surface area contributed by atoms with Gasteiger partial charge < -0.3 is 20.1 Å². The van der Waals surface area contributed by atoms with Crippen LogP contribution in [0.25, 0.3) is 0 Å². The predicted octanol–water partition coefficient (Wildman–Crippen LogP) is 10.7. The molecule has 0 aliphatic carbocycles. The van der Waals surface area contributed by atoms with Gasteiger partial charge in [-0.2, -0.15) is 0 Å². The summed E-state index contributed by atoms with van der Waals surface area (Å²) in [7, 11) is 1.52. The highest BCUT2D eigenvalue weighted by molar-refractivity contribution is 8.13. The molecule has 0 bridgehead atoms. The topological polar surface area (TPSA) is 111 Å². The molecule has 2 N–H and O–H groups in total. The number of carbonyl (C=O) groups excluding carboxylic acids is 2. The number of halogens is 1. The molecule has 0 saturated heterocycles. The van der Waals surface area contributed by atoms with Crippen molar-refractivity contribution in [3.05, 3.63) is 89.0 Å². The Morgan fingerprint density at radius 3 is 1.21 bits per heavy atom. The summed E-state index contributed by atoms with van der Waals surface area (Å²) in [5.41, 5.74) is 2.28. The Morgan fingerprint density at radius 1 is 0.589 bits per heavy atom. The van der Waals surface area contributed by atoms with E-state index in [9.17, 15) is 18.0 Å². The average molecular weight is 812 g/mol. The van der Waals surface area contributed by atoms with Gasteiger partial charge in [0.05, 0.1) is 18.1 Å². The summed E-state index contributed by atoms with van der Waals surface area (Å²) in [5.74, 6) is 0.315. The van der Waals surface area contributed by atoms with E-state index in [0.29, 0.717) is 13.2 Å². The molecular weight excluding hydrogens is 744 g/mol. The van der Waals surface area contributed by atoms with Crippen molar-refractivity contribution in [2.45, 2.75) is 124 Å². The molecule has 0 aliphatic rings. The van der Waals surface area contributed by atoms with Crippen molar-refractivity contribution in [1.29, 1.82) is 0 Å². The fraction of sp³-hybridized carbons (Fsp3) is 0.565. The van der Waals surface area contributed by atoms with Crippen LogP contribution in [0.4, 0.5) is 0 Å². The minimum Gasteiger partial charge on any atom is -0.493 e. The number of rotatable bonds is 21. The van der Waals surface area contributed by atoms with Crippen molar-refractivity contribution in [2.75, 3.05) is 26.3 Å². The van der Waals surface area contributed by atoms with Gasteiger partial charge in [-0.3, -0.25) is 9.59 Å². The maximum atomic E-state index is 13.7. The van der Waals surface area contributed by atoms with Crippen molar-refractivity contribution >= 4 is 31.5 Å². The summed E-state index contributed by atoms with van der Waals surface area (Å²) in [5, 5.41) is 5.95. The summed E-state index contributed by atoms with van der Waals surface area (Å²) in [4.78, 5) is 27.0. The SMILES string of the molecule is CCC(C)(C)c1ccc(OCC(CNC(=O)c2cc(C(=O)NCC(COc3ccc(C(C)(C)CC)cc3)C(C)(C)CC)cc(S(=O)(=O)Cl)c2)C(C)(C)CC)cc1. The van der Waals surface area contributed by atoms with Crippen LogP contribution in [0.2, 0.25) is 0 Å². The maximum absolute atomic E-state index is 13.7. The summed E-state index contributed by atoms with van der Waals surface area (Å²) in [6.07, 6.45) is 3.73. The minimum absolute atomic E-state index is 0.0171. The standard InChI is InChI=1S/C46H67ClN2O6S/c1-13-43(5,6)34-17-21-38(22-18-34)54-30-36(45(9,10)15-3)28-48-41(50)32-25-33(27-40(26-32)56(47,52)53)42(51)49-29-37(46(11,12)16-4)31-55-39-23-19-35(20-24-39)44(7,8)14-2/h17-27,36-37H,13-16,28-31H2,1-12H3,(H,48,50)(H,49,51). The van der Waals surface area contributed by atoms with Crippen LogP contribution in [0, 0.1) is 22.7 Å². The largest absolute Gasteiger partial charge is 0.493 e. The summed E-state index contributed by atoms with van der Waals surface area (Å²) in [6, 6.07) is 20.1. The lowest BCUT2D eigenvalue weighted by atomic mass is 9.77. The molecule has 3 aromatic carbocycles. The molecule has 3 rings (SSSR count). The lowest BCUT2D eigenvalue weighted by molar-refractivity contribution is 0.0885. The van der Waals surface area contributed by atoms with Crippen LogP contribution < -0.4 is 20.1 Å². The van der Waals surface area contributed by atoms with Crippen molar-refractivity contribution in [2.24, 2.45) is 22.7 Å². The minimum atomic E-state index is -4.27. The molecule has 0 spiro atoms. The van der Waals surface area contributed by atoms with E-state index in [1.54, 1.807) is 0 Å². The Balaban J connectivity index is 1.76. The zero-order valence-electron chi connectivity index (χ0n) is 35.9. The van der Waals surface area contributed by atoms with E-state index in [1.807, 2.05) is 24.3 Å². The number of nitrogens with one attached hydrogen (secondary N) is 2. The monoisotopic (exact) mass is 810 g/mol. The van der Waals surface area contributed by atoms with E-state index < -0.39 is 20.9 Å². The molecule has 3 aromatic rings. The molecule has 310 valence electrons. The van der Waals surface area contributed by atoms with Crippen molar-refractivity contribution < 1.29 is 27.5 Å². The van der Waals surface area contributed by atoms with E-state index in [-0.39, 0.29) is 62.6 Å². The third-order valence-corrected chi connectivity index (χ3v) is 14.0. The van der Waals surface area contributed by atoms with Gasteiger partial charge in [0.15, 0.2) is 0 Å². The Bertz CT molecular complexity index is 1750. The lowest BCUT2D eigenvalue weighted by Crippen LogP contribution is -2.40. The number of hydrogen-bond donors (Lipinski definition) is 2. The molecule has 0 aliphatic heterocycles. The highest BCUT2D eigenvalue weighted by Gasteiger charge is 2.31. The number of amides is 2. The molecule has 10 heteroatoms. The van der Waals surface area contributed by atoms with Crippen molar-refractivity contribution in [3.63, 3.8) is 0 Å². The second-order valence-corrected chi connectivity index (χ2v) is 20.4. The van der Waals surface area contributed by atoms with Gasteiger partial charge in [0.2, 0.25) is 0 Å². The van der Waals surface area contributed by atoms with Gasteiger partial charge >= 0.3 is 0 Å². The summed E-state index contributed by atoms with van der Waals surface area (Å²) < 4.78 is 37.6. The van der Waals surface area contributed by atoms with Crippen LogP contribution >= 0.6 is 10.7 Å². The Morgan fingerprint density at radius 2 is 0.929 bits per heavy atom. The third kappa shape index (κ3) is 12.7. The summed E-state index contributed by atoms with van der Waals surface area (Å²) >= 11 is 0. The van der Waals surface area contributed by atoms with Crippen molar-refractivity contribution in [3.8, 4) is 11.5 Å². The number of benzene rings is 3. The Kier molecular flexibility index (Phi) is 16.1. The number of hydrogen-bond acceptors (Lipinski definition) is 6. The van der Waals surface area contributed by atoms with Crippen LogP contribution in [0.3, 0.4) is 0 Å². The number of ether oxygens (including phenoxy) is 2. The van der Waals surface area contributed by atoms with Crippen molar-refractivity contribution in [1.82, 2.24) is 10.6 Å². The van der Waals surface area contributed by atoms with Gasteiger partial charge in [-0.05, 0) is 88.1 Å². The first-order chi connectivity index (χ1) is 26.0. The van der Waals surface area contributed by atoms with Crippen LogP contribution in [-0.4, -0.2) is 46.5 Å². The van der Waals surface area contributed by atoms with E-state index in [0.717, 1.165) is 37.2 Å². The lowest BCUT2D eigenvalue weighted by Gasteiger charge is -2.34. The van der Waals surface area contributed by atoms with E-state index in [4.69, 9.17) is 20.2 Å². The molecule has 8 nitrogen and oxygen atoms in total. The molecule has 2 amide bonds.